The van der Waals surface area contributed by atoms with Crippen molar-refractivity contribution in [2.45, 2.75) is 30.6 Å². The molecule has 0 radical (unpaired) electrons. The van der Waals surface area contributed by atoms with Crippen LogP contribution in [0.3, 0.4) is 0 Å². The van der Waals surface area contributed by atoms with Gasteiger partial charge in [-0.3, -0.25) is 19.3 Å². The molecule has 1 spiro atoms. The first-order valence-corrected chi connectivity index (χ1v) is 11.0. The van der Waals surface area contributed by atoms with Crippen LogP contribution in [0.5, 0.6) is 0 Å². The minimum atomic E-state index is -4.75. The Labute approximate surface area is 191 Å². The summed E-state index contributed by atoms with van der Waals surface area (Å²) in [5.41, 5.74) is -2.18. The first-order valence-electron chi connectivity index (χ1n) is 10.6. The third kappa shape index (κ3) is 2.41. The Morgan fingerprint density at radius 2 is 1.79 bits per heavy atom. The second kappa shape index (κ2) is 6.57. The lowest BCUT2D eigenvalue weighted by Gasteiger charge is -2.36. The van der Waals surface area contributed by atoms with Gasteiger partial charge in [0.1, 0.15) is 5.54 Å². The third-order valence-corrected chi connectivity index (χ3v) is 7.74. The Morgan fingerprint density at radius 3 is 2.55 bits per heavy atom. The van der Waals surface area contributed by atoms with Crippen LogP contribution in [0.25, 0.3) is 0 Å². The number of rotatable bonds is 1. The van der Waals surface area contributed by atoms with E-state index in [2.05, 4.69) is 5.32 Å². The van der Waals surface area contributed by atoms with E-state index in [0.717, 1.165) is 12.1 Å². The summed E-state index contributed by atoms with van der Waals surface area (Å²) in [5.74, 6) is -4.02. The van der Waals surface area contributed by atoms with Crippen LogP contribution in [0.15, 0.2) is 42.5 Å². The van der Waals surface area contributed by atoms with Gasteiger partial charge in [0.15, 0.2) is 0 Å². The predicted octanol–water partition coefficient (Wildman–Crippen LogP) is 3.79. The highest BCUT2D eigenvalue weighted by molar-refractivity contribution is 6.35. The van der Waals surface area contributed by atoms with Gasteiger partial charge in [-0.15, -0.1) is 0 Å². The Morgan fingerprint density at radius 1 is 1.03 bits per heavy atom. The van der Waals surface area contributed by atoms with Crippen molar-refractivity contribution in [2.75, 3.05) is 16.8 Å². The van der Waals surface area contributed by atoms with Crippen LogP contribution in [0.4, 0.5) is 24.5 Å². The van der Waals surface area contributed by atoms with Gasteiger partial charge in [0.25, 0.3) is 5.91 Å². The molecule has 4 unspecified atom stereocenters. The Bertz CT molecular complexity index is 1250. The highest BCUT2D eigenvalue weighted by Crippen LogP contribution is 2.61. The zero-order valence-corrected chi connectivity index (χ0v) is 17.8. The highest BCUT2D eigenvalue weighted by atomic mass is 35.5. The number of amides is 3. The van der Waals surface area contributed by atoms with Gasteiger partial charge < -0.3 is 5.32 Å². The maximum Gasteiger partial charge on any atom is 0.418 e. The van der Waals surface area contributed by atoms with E-state index in [4.69, 9.17) is 11.6 Å². The molecule has 170 valence electrons. The van der Waals surface area contributed by atoms with Crippen LogP contribution in [-0.2, 0) is 26.1 Å². The van der Waals surface area contributed by atoms with E-state index in [1.165, 1.54) is 12.1 Å². The maximum absolute atomic E-state index is 13.8. The van der Waals surface area contributed by atoms with Gasteiger partial charge in [-0.05, 0) is 37.6 Å². The summed E-state index contributed by atoms with van der Waals surface area (Å²) >= 11 is 6.32. The maximum atomic E-state index is 13.8. The SMILES string of the molecule is O=C1C2C3CCCN3C3(C(=O)Nc4c(Cl)cccc43)C2C(=O)N1c1ccccc1C(F)(F)F. The van der Waals surface area contributed by atoms with Crippen molar-refractivity contribution < 1.29 is 27.6 Å². The number of imide groups is 1. The molecule has 1 N–H and O–H groups in total. The molecule has 0 aromatic heterocycles. The van der Waals surface area contributed by atoms with Crippen LogP contribution in [0.2, 0.25) is 5.02 Å². The lowest BCUT2D eigenvalue weighted by atomic mass is 9.75. The van der Waals surface area contributed by atoms with E-state index in [1.54, 1.807) is 18.2 Å². The number of alkyl halides is 3. The number of carbonyl (C=O) groups excluding carboxylic acids is 3. The Kier molecular flexibility index (Phi) is 4.12. The summed E-state index contributed by atoms with van der Waals surface area (Å²) in [6.07, 6.45) is -3.48. The van der Waals surface area contributed by atoms with Crippen LogP contribution >= 0.6 is 11.6 Å². The zero-order valence-electron chi connectivity index (χ0n) is 17.0. The van der Waals surface area contributed by atoms with E-state index in [9.17, 15) is 27.6 Å². The second-order valence-corrected chi connectivity index (χ2v) is 9.22. The van der Waals surface area contributed by atoms with E-state index in [1.807, 2.05) is 4.90 Å². The smallest absolute Gasteiger partial charge is 0.323 e. The highest BCUT2D eigenvalue weighted by Gasteiger charge is 2.75. The van der Waals surface area contributed by atoms with Gasteiger partial charge in [0, 0.05) is 11.6 Å². The van der Waals surface area contributed by atoms with Crippen molar-refractivity contribution >= 4 is 40.7 Å². The number of hydrogen-bond donors (Lipinski definition) is 1. The van der Waals surface area contributed by atoms with Gasteiger partial charge in [-0.2, -0.15) is 13.2 Å². The quantitative estimate of drug-likeness (QED) is 0.637. The molecule has 33 heavy (non-hydrogen) atoms. The molecule has 3 amide bonds. The molecule has 6 rings (SSSR count). The molecule has 10 heteroatoms. The summed E-state index contributed by atoms with van der Waals surface area (Å²) in [6, 6.07) is 9.08. The lowest BCUT2D eigenvalue weighted by Crippen LogP contribution is -2.54. The van der Waals surface area contributed by atoms with Gasteiger partial charge in [0.2, 0.25) is 11.8 Å². The van der Waals surface area contributed by atoms with Crippen LogP contribution in [0, 0.1) is 11.8 Å². The zero-order chi connectivity index (χ0) is 23.3. The fraction of sp³-hybridized carbons (Fsp3) is 0.348. The molecular weight excluding hydrogens is 459 g/mol. The van der Waals surface area contributed by atoms with Crippen LogP contribution in [-0.4, -0.2) is 35.2 Å². The van der Waals surface area contributed by atoms with E-state index >= 15 is 0 Å². The molecule has 0 bridgehead atoms. The van der Waals surface area contributed by atoms with Crippen LogP contribution in [0.1, 0.15) is 24.0 Å². The summed E-state index contributed by atoms with van der Waals surface area (Å²) in [5, 5.41) is 3.07. The van der Waals surface area contributed by atoms with E-state index in [-0.39, 0.29) is 0 Å². The standard InChI is InChI=1S/C23H17ClF3N3O3/c24-13-7-3-6-12-18(13)28-21(33)22(12)17-16(15-9-4-10-29(15)22)19(31)30(20(17)32)14-8-2-1-5-11(14)23(25,26)27/h1-3,5-8,15-17H,4,9-10H2,(H,28,33). The molecule has 0 saturated carbocycles. The first-order chi connectivity index (χ1) is 15.7. The normalized spacial score (nSPS) is 30.7. The minimum absolute atomic E-state index is 0.299. The van der Waals surface area contributed by atoms with Crippen molar-refractivity contribution in [3.05, 3.63) is 58.6 Å². The van der Waals surface area contributed by atoms with E-state index < -0.39 is 58.6 Å². The van der Waals surface area contributed by atoms with Crippen LogP contribution < -0.4 is 10.2 Å². The molecule has 2 aromatic rings. The lowest BCUT2D eigenvalue weighted by molar-refractivity contribution is -0.138. The van der Waals surface area contributed by atoms with Gasteiger partial charge >= 0.3 is 6.18 Å². The summed E-state index contributed by atoms with van der Waals surface area (Å²) < 4.78 is 41.2. The van der Waals surface area contributed by atoms with Crippen molar-refractivity contribution in [1.82, 2.24) is 4.90 Å². The number of nitrogens with one attached hydrogen (secondary N) is 1. The fourth-order valence-corrected chi connectivity index (χ4v) is 6.56. The largest absolute Gasteiger partial charge is 0.418 e. The summed E-state index contributed by atoms with van der Waals surface area (Å²) in [6.45, 7) is 0.497. The molecule has 0 aliphatic carbocycles. The topological polar surface area (TPSA) is 69.7 Å². The average molecular weight is 476 g/mol. The second-order valence-electron chi connectivity index (χ2n) is 8.82. The van der Waals surface area contributed by atoms with Crippen molar-refractivity contribution in [1.29, 1.82) is 0 Å². The number of halogens is 4. The molecule has 3 saturated heterocycles. The molecule has 6 nitrogen and oxygen atoms in total. The number of para-hydroxylation sites is 2. The Hall–Kier alpha value is -2.91. The Balaban J connectivity index is 1.57. The summed E-state index contributed by atoms with van der Waals surface area (Å²) in [4.78, 5) is 43.5. The molecule has 4 heterocycles. The number of carbonyl (C=O) groups is 3. The van der Waals surface area contributed by atoms with Gasteiger partial charge in [-0.25, -0.2) is 4.90 Å². The number of anilines is 2. The number of nitrogens with zero attached hydrogens (tertiary/aromatic N) is 2. The van der Waals surface area contributed by atoms with Crippen molar-refractivity contribution in [3.63, 3.8) is 0 Å². The van der Waals surface area contributed by atoms with E-state index in [0.29, 0.717) is 40.6 Å². The summed E-state index contributed by atoms with van der Waals surface area (Å²) in [7, 11) is 0. The predicted molar refractivity (Wildman–Crippen MR) is 112 cm³/mol. The first kappa shape index (κ1) is 20.7. The minimum Gasteiger partial charge on any atom is -0.323 e. The fourth-order valence-electron chi connectivity index (χ4n) is 6.34. The molecule has 4 atom stereocenters. The number of fused-ring (bicyclic) bond motifs is 7. The molecule has 3 fully saturated rings. The van der Waals surface area contributed by atoms with Gasteiger partial charge in [-0.1, -0.05) is 35.9 Å². The molecule has 2 aromatic carbocycles. The van der Waals surface area contributed by atoms with Gasteiger partial charge in [0.05, 0.1) is 33.8 Å². The third-order valence-electron chi connectivity index (χ3n) is 7.43. The monoisotopic (exact) mass is 475 g/mol. The molecule has 4 aliphatic heterocycles. The molecular formula is C23H17ClF3N3O3. The van der Waals surface area contributed by atoms with Crippen molar-refractivity contribution in [2.24, 2.45) is 11.8 Å². The van der Waals surface area contributed by atoms with Crippen molar-refractivity contribution in [3.8, 4) is 0 Å². The number of benzene rings is 2. The molecule has 4 aliphatic rings. The average Bonchev–Trinajstić information content (AvgIpc) is 3.47. The number of hydrogen-bond acceptors (Lipinski definition) is 4.